The van der Waals surface area contributed by atoms with Crippen LogP contribution in [0.2, 0.25) is 0 Å². The van der Waals surface area contributed by atoms with Crippen LogP contribution in [-0.4, -0.2) is 23.2 Å². The number of carbonyl (C=O) groups is 1. The van der Waals surface area contributed by atoms with Gasteiger partial charge in [-0.2, -0.15) is 13.2 Å². The van der Waals surface area contributed by atoms with Crippen molar-refractivity contribution < 1.29 is 27.1 Å². The highest BCUT2D eigenvalue weighted by Crippen LogP contribution is 2.32. The summed E-state index contributed by atoms with van der Waals surface area (Å²) in [4.78, 5) is 12.6. The van der Waals surface area contributed by atoms with Gasteiger partial charge in [-0.1, -0.05) is 24.3 Å². The zero-order valence-electron chi connectivity index (χ0n) is 16.7. The molecule has 0 saturated heterocycles. The molecule has 0 bridgehead atoms. The van der Waals surface area contributed by atoms with E-state index in [0.717, 1.165) is 12.1 Å². The predicted octanol–water partition coefficient (Wildman–Crippen LogP) is 5.68. The van der Waals surface area contributed by atoms with Crippen LogP contribution in [0.1, 0.15) is 15.9 Å². The van der Waals surface area contributed by atoms with Crippen molar-refractivity contribution in [3.63, 3.8) is 0 Å². The first kappa shape index (κ1) is 21.1. The van der Waals surface area contributed by atoms with Crippen LogP contribution >= 0.6 is 0 Å². The second-order valence-corrected chi connectivity index (χ2v) is 6.72. The number of hydrogen-bond donors (Lipinski definition) is 1. The van der Waals surface area contributed by atoms with Crippen molar-refractivity contribution in [2.24, 2.45) is 0 Å². The third-order valence-electron chi connectivity index (χ3n) is 4.60. The normalized spacial score (nSPS) is 11.2. The Morgan fingerprint density at radius 2 is 1.69 bits per heavy atom. The van der Waals surface area contributed by atoms with E-state index in [9.17, 15) is 18.0 Å². The molecular weight excluding hydrogens is 423 g/mol. The first-order valence-corrected chi connectivity index (χ1v) is 9.41. The average molecular weight is 439 g/mol. The number of hydrogen-bond acceptors (Lipinski definition) is 5. The van der Waals surface area contributed by atoms with E-state index in [0.29, 0.717) is 22.6 Å². The van der Waals surface area contributed by atoms with Crippen LogP contribution < -0.4 is 10.1 Å². The van der Waals surface area contributed by atoms with E-state index in [-0.39, 0.29) is 17.3 Å². The number of aromatic nitrogens is 2. The summed E-state index contributed by atoms with van der Waals surface area (Å²) in [5.74, 6) is 0.313. The fourth-order valence-corrected chi connectivity index (χ4v) is 3.01. The van der Waals surface area contributed by atoms with Gasteiger partial charge in [0.05, 0.1) is 23.9 Å². The number of benzene rings is 3. The zero-order valence-corrected chi connectivity index (χ0v) is 16.7. The Morgan fingerprint density at radius 3 is 2.47 bits per heavy atom. The quantitative estimate of drug-likeness (QED) is 0.433. The summed E-state index contributed by atoms with van der Waals surface area (Å²) in [7, 11) is 1.54. The fourth-order valence-electron chi connectivity index (χ4n) is 3.01. The number of ether oxygens (including phenoxy) is 1. The van der Waals surface area contributed by atoms with Crippen molar-refractivity contribution in [2.45, 2.75) is 6.18 Å². The first-order chi connectivity index (χ1) is 15.3. The lowest BCUT2D eigenvalue weighted by molar-refractivity contribution is -0.137. The molecule has 3 aromatic carbocycles. The van der Waals surface area contributed by atoms with E-state index >= 15 is 0 Å². The number of rotatable bonds is 5. The molecule has 6 nitrogen and oxygen atoms in total. The van der Waals surface area contributed by atoms with Gasteiger partial charge in [0.25, 0.3) is 5.91 Å². The largest absolute Gasteiger partial charge is 0.497 e. The van der Waals surface area contributed by atoms with Gasteiger partial charge >= 0.3 is 6.18 Å². The molecule has 0 aliphatic heterocycles. The number of halogens is 3. The second-order valence-electron chi connectivity index (χ2n) is 6.72. The van der Waals surface area contributed by atoms with Crippen LogP contribution in [0.15, 0.2) is 77.2 Å². The lowest BCUT2D eigenvalue weighted by atomic mass is 10.1. The van der Waals surface area contributed by atoms with Crippen molar-refractivity contribution >= 4 is 11.6 Å². The maximum atomic E-state index is 13.0. The molecular formula is C23H16F3N3O3. The van der Waals surface area contributed by atoms with Crippen LogP contribution in [0.4, 0.5) is 18.9 Å². The molecule has 0 radical (unpaired) electrons. The molecule has 1 aromatic heterocycles. The van der Waals surface area contributed by atoms with Crippen LogP contribution in [0.3, 0.4) is 0 Å². The summed E-state index contributed by atoms with van der Waals surface area (Å²) < 4.78 is 49.9. The van der Waals surface area contributed by atoms with Crippen LogP contribution in [0.5, 0.6) is 5.75 Å². The summed E-state index contributed by atoms with van der Waals surface area (Å²) in [5, 5.41) is 10.7. The standard InChI is InChI=1S/C23H16F3N3O3/c1-31-17-9-5-7-15(13-17)21-28-29-22(32-21)18-10-2-3-11-19(18)27-20(30)14-6-4-8-16(12-14)23(24,25)26/h2-13H,1H3,(H,27,30). The minimum atomic E-state index is -4.55. The lowest BCUT2D eigenvalue weighted by Crippen LogP contribution is -2.14. The Morgan fingerprint density at radius 1 is 0.938 bits per heavy atom. The summed E-state index contributed by atoms with van der Waals surface area (Å²) in [6.45, 7) is 0. The highest BCUT2D eigenvalue weighted by Gasteiger charge is 2.31. The minimum Gasteiger partial charge on any atom is -0.497 e. The molecule has 0 atom stereocenters. The SMILES string of the molecule is COc1cccc(-c2nnc(-c3ccccc3NC(=O)c3cccc(C(F)(F)F)c3)o2)c1. The molecule has 1 heterocycles. The van der Waals surface area contributed by atoms with E-state index < -0.39 is 17.6 Å². The number of anilines is 1. The van der Waals surface area contributed by atoms with Gasteiger partial charge in [-0.25, -0.2) is 0 Å². The molecule has 162 valence electrons. The molecule has 1 N–H and O–H groups in total. The fraction of sp³-hybridized carbons (Fsp3) is 0.0870. The van der Waals surface area contributed by atoms with Gasteiger partial charge in [-0.3, -0.25) is 4.79 Å². The number of carbonyl (C=O) groups excluding carboxylic acids is 1. The van der Waals surface area contributed by atoms with Gasteiger partial charge in [0.2, 0.25) is 11.8 Å². The Balaban J connectivity index is 1.62. The van der Waals surface area contributed by atoms with Gasteiger partial charge in [-0.05, 0) is 48.5 Å². The molecule has 4 rings (SSSR count). The van der Waals surface area contributed by atoms with Gasteiger partial charge in [0.15, 0.2) is 0 Å². The molecule has 0 fully saturated rings. The first-order valence-electron chi connectivity index (χ1n) is 9.41. The van der Waals surface area contributed by atoms with Crippen molar-refractivity contribution in [3.8, 4) is 28.7 Å². The van der Waals surface area contributed by atoms with Gasteiger partial charge < -0.3 is 14.5 Å². The molecule has 0 aliphatic rings. The number of nitrogens with one attached hydrogen (secondary N) is 1. The predicted molar refractivity (Wildman–Crippen MR) is 111 cm³/mol. The zero-order chi connectivity index (χ0) is 22.7. The molecule has 0 spiro atoms. The topological polar surface area (TPSA) is 77.3 Å². The smallest absolute Gasteiger partial charge is 0.416 e. The number of methoxy groups -OCH3 is 1. The van der Waals surface area contributed by atoms with Crippen molar-refractivity contribution in [1.82, 2.24) is 10.2 Å². The minimum absolute atomic E-state index is 0.128. The Kier molecular flexibility index (Phi) is 5.63. The molecule has 4 aromatic rings. The third kappa shape index (κ3) is 4.46. The van der Waals surface area contributed by atoms with E-state index in [1.54, 1.807) is 55.6 Å². The number of alkyl halides is 3. The monoisotopic (exact) mass is 439 g/mol. The van der Waals surface area contributed by atoms with E-state index in [4.69, 9.17) is 9.15 Å². The summed E-state index contributed by atoms with van der Waals surface area (Å²) in [5.41, 5.74) is 0.356. The third-order valence-corrected chi connectivity index (χ3v) is 4.60. The second kappa shape index (κ2) is 8.54. The average Bonchev–Trinajstić information content (AvgIpc) is 3.29. The van der Waals surface area contributed by atoms with Gasteiger partial charge in [-0.15, -0.1) is 10.2 Å². The van der Waals surface area contributed by atoms with E-state index in [1.165, 1.54) is 12.1 Å². The maximum absolute atomic E-state index is 13.0. The summed E-state index contributed by atoms with van der Waals surface area (Å²) in [6.07, 6.45) is -4.55. The maximum Gasteiger partial charge on any atom is 0.416 e. The summed E-state index contributed by atoms with van der Waals surface area (Å²) in [6, 6.07) is 17.9. The van der Waals surface area contributed by atoms with Crippen LogP contribution in [0.25, 0.3) is 22.9 Å². The van der Waals surface area contributed by atoms with Crippen molar-refractivity contribution in [3.05, 3.63) is 83.9 Å². The van der Waals surface area contributed by atoms with Crippen molar-refractivity contribution in [1.29, 1.82) is 0 Å². The van der Waals surface area contributed by atoms with E-state index in [1.807, 2.05) is 0 Å². The highest BCUT2D eigenvalue weighted by atomic mass is 19.4. The Bertz CT molecular complexity index is 1270. The molecule has 0 saturated carbocycles. The Labute approximate surface area is 180 Å². The number of amides is 1. The van der Waals surface area contributed by atoms with Gasteiger partial charge in [0.1, 0.15) is 5.75 Å². The lowest BCUT2D eigenvalue weighted by Gasteiger charge is -2.11. The van der Waals surface area contributed by atoms with Crippen molar-refractivity contribution in [2.75, 3.05) is 12.4 Å². The summed E-state index contributed by atoms with van der Waals surface area (Å²) >= 11 is 0. The number of nitrogens with zero attached hydrogens (tertiary/aromatic N) is 2. The molecule has 0 aliphatic carbocycles. The molecule has 1 amide bonds. The highest BCUT2D eigenvalue weighted by molar-refractivity contribution is 6.06. The van der Waals surface area contributed by atoms with Gasteiger partial charge in [0, 0.05) is 11.1 Å². The number of para-hydroxylation sites is 1. The molecule has 0 unspecified atom stereocenters. The van der Waals surface area contributed by atoms with Crippen LogP contribution in [0, 0.1) is 0 Å². The van der Waals surface area contributed by atoms with E-state index in [2.05, 4.69) is 15.5 Å². The molecule has 32 heavy (non-hydrogen) atoms. The Hall–Kier alpha value is -4.14. The molecule has 9 heteroatoms. The van der Waals surface area contributed by atoms with Crippen LogP contribution in [-0.2, 0) is 6.18 Å².